The maximum absolute atomic E-state index is 13.4. The molecule has 5 nitrogen and oxygen atoms in total. The molecular weight excluding hydrogens is 364 g/mol. The Balaban J connectivity index is 1.92. The zero-order chi connectivity index (χ0) is 20.5. The number of carbonyl (C=O) groups is 2. The number of ether oxygens (including phenoxy) is 1. The van der Waals surface area contributed by atoms with Crippen molar-refractivity contribution < 1.29 is 14.3 Å². The summed E-state index contributed by atoms with van der Waals surface area (Å²) in [5.74, 6) is -1.18. The van der Waals surface area contributed by atoms with Crippen molar-refractivity contribution >= 4 is 33.6 Å². The van der Waals surface area contributed by atoms with Crippen molar-refractivity contribution in [3.05, 3.63) is 72.1 Å². The number of para-hydroxylation sites is 2. The Morgan fingerprint density at radius 3 is 1.83 bits per heavy atom. The summed E-state index contributed by atoms with van der Waals surface area (Å²) in [4.78, 5) is 25.5. The molecular formula is C24H24N2O3. The van der Waals surface area contributed by atoms with E-state index in [2.05, 4.69) is 0 Å². The van der Waals surface area contributed by atoms with Gasteiger partial charge >= 0.3 is 5.97 Å². The first kappa shape index (κ1) is 19.0. The fraction of sp³-hybridized carbons (Fsp3) is 0.250. The number of ketones is 1. The number of hydrogen-bond acceptors (Lipinski definition) is 3. The number of benzene rings is 2. The average molecular weight is 388 g/mol. The van der Waals surface area contributed by atoms with Gasteiger partial charge in [-0.3, -0.25) is 9.59 Å². The molecule has 4 rings (SSSR count). The second-order valence-corrected chi connectivity index (χ2v) is 7.31. The minimum atomic E-state index is -0.545. The topological polar surface area (TPSA) is 53.2 Å². The SMILES string of the molecule is CCOC(=O)CC(=O)C(c1cn(C)c2ccccc12)c1cn(C)c2ccccc12. The number of aromatic nitrogens is 2. The highest BCUT2D eigenvalue weighted by Gasteiger charge is 2.30. The largest absolute Gasteiger partial charge is 0.466 e. The van der Waals surface area contributed by atoms with Crippen LogP contribution < -0.4 is 0 Å². The van der Waals surface area contributed by atoms with Crippen LogP contribution in [0.4, 0.5) is 0 Å². The molecule has 0 amide bonds. The second kappa shape index (κ2) is 7.59. The van der Waals surface area contributed by atoms with Gasteiger partial charge in [0.25, 0.3) is 0 Å². The van der Waals surface area contributed by atoms with E-state index in [-0.39, 0.29) is 18.8 Å². The second-order valence-electron chi connectivity index (χ2n) is 7.31. The van der Waals surface area contributed by atoms with Gasteiger partial charge in [0, 0.05) is 48.3 Å². The summed E-state index contributed by atoms with van der Waals surface area (Å²) in [7, 11) is 3.95. The number of esters is 1. The van der Waals surface area contributed by atoms with E-state index >= 15 is 0 Å². The van der Waals surface area contributed by atoms with Gasteiger partial charge in [-0.05, 0) is 30.2 Å². The highest BCUT2D eigenvalue weighted by atomic mass is 16.5. The molecule has 2 heterocycles. The van der Waals surface area contributed by atoms with Crippen molar-refractivity contribution in [1.82, 2.24) is 9.13 Å². The van der Waals surface area contributed by atoms with Crippen molar-refractivity contribution in [1.29, 1.82) is 0 Å². The molecule has 5 heteroatoms. The van der Waals surface area contributed by atoms with Crippen molar-refractivity contribution in [2.24, 2.45) is 14.1 Å². The van der Waals surface area contributed by atoms with Crippen molar-refractivity contribution in [2.45, 2.75) is 19.3 Å². The smallest absolute Gasteiger partial charge is 0.313 e. The van der Waals surface area contributed by atoms with Crippen LogP contribution in [0.2, 0.25) is 0 Å². The summed E-state index contributed by atoms with van der Waals surface area (Å²) in [6.45, 7) is 2.01. The van der Waals surface area contributed by atoms with Gasteiger partial charge in [-0.25, -0.2) is 0 Å². The average Bonchev–Trinajstić information content (AvgIpc) is 3.21. The maximum atomic E-state index is 13.4. The highest BCUT2D eigenvalue weighted by Crippen LogP contribution is 2.37. The fourth-order valence-corrected chi connectivity index (χ4v) is 4.18. The van der Waals surface area contributed by atoms with Crippen molar-refractivity contribution in [3.8, 4) is 0 Å². The standard InChI is InChI=1S/C24H24N2O3/c1-4-29-23(28)13-22(27)24(18-14-25(2)20-11-7-5-9-16(18)20)19-15-26(3)21-12-8-6-10-17(19)21/h5-12,14-15,24H,4,13H2,1-3H3. The van der Waals surface area contributed by atoms with Crippen molar-refractivity contribution in [2.75, 3.05) is 6.61 Å². The first-order valence-corrected chi connectivity index (χ1v) is 9.77. The lowest BCUT2D eigenvalue weighted by atomic mass is 9.86. The lowest BCUT2D eigenvalue weighted by Crippen LogP contribution is -2.19. The molecule has 0 radical (unpaired) electrons. The molecule has 0 bridgehead atoms. The van der Waals surface area contributed by atoms with Crippen LogP contribution >= 0.6 is 0 Å². The molecule has 29 heavy (non-hydrogen) atoms. The van der Waals surface area contributed by atoms with E-state index in [1.54, 1.807) is 6.92 Å². The summed E-state index contributed by atoms with van der Waals surface area (Å²) in [5, 5.41) is 2.04. The van der Waals surface area contributed by atoms with Crippen LogP contribution in [-0.4, -0.2) is 27.5 Å². The Labute approximate surface area is 169 Å². The quantitative estimate of drug-likeness (QED) is 0.365. The predicted octanol–water partition coefficient (Wildman–Crippen LogP) is 4.32. The van der Waals surface area contributed by atoms with Crippen molar-refractivity contribution in [3.63, 3.8) is 0 Å². The number of hydrogen-bond donors (Lipinski definition) is 0. The molecule has 0 saturated heterocycles. The molecule has 0 spiro atoms. The van der Waals surface area contributed by atoms with Gasteiger partial charge < -0.3 is 13.9 Å². The highest BCUT2D eigenvalue weighted by molar-refractivity contribution is 6.05. The third-order valence-corrected chi connectivity index (χ3v) is 5.42. The van der Waals surface area contributed by atoms with E-state index in [9.17, 15) is 9.59 Å². The normalized spacial score (nSPS) is 11.4. The van der Waals surface area contributed by atoms with Gasteiger partial charge in [0.2, 0.25) is 0 Å². The molecule has 0 aliphatic carbocycles. The van der Waals surface area contributed by atoms with Gasteiger partial charge in [0.1, 0.15) is 6.42 Å². The number of nitrogens with zero attached hydrogens (tertiary/aromatic N) is 2. The Morgan fingerprint density at radius 1 is 0.862 bits per heavy atom. The van der Waals surface area contributed by atoms with Crippen LogP contribution in [0.25, 0.3) is 21.8 Å². The van der Waals surface area contributed by atoms with Crippen LogP contribution in [0, 0.1) is 0 Å². The van der Waals surface area contributed by atoms with E-state index in [0.29, 0.717) is 0 Å². The lowest BCUT2D eigenvalue weighted by molar-refractivity contribution is -0.145. The van der Waals surface area contributed by atoms with Crippen LogP contribution in [0.15, 0.2) is 60.9 Å². The van der Waals surface area contributed by atoms with Gasteiger partial charge in [0.15, 0.2) is 5.78 Å². The molecule has 0 unspecified atom stereocenters. The monoisotopic (exact) mass is 388 g/mol. The predicted molar refractivity (Wildman–Crippen MR) is 114 cm³/mol. The van der Waals surface area contributed by atoms with Gasteiger partial charge in [-0.15, -0.1) is 0 Å². The van der Waals surface area contributed by atoms with Gasteiger partial charge in [0.05, 0.1) is 12.5 Å². The van der Waals surface area contributed by atoms with E-state index < -0.39 is 11.9 Å². The first-order valence-electron chi connectivity index (χ1n) is 9.77. The number of fused-ring (bicyclic) bond motifs is 2. The van der Waals surface area contributed by atoms with Crippen LogP contribution in [0.3, 0.4) is 0 Å². The number of rotatable bonds is 6. The minimum Gasteiger partial charge on any atom is -0.466 e. The third-order valence-electron chi connectivity index (χ3n) is 5.42. The van der Waals surface area contributed by atoms with Crippen LogP contribution in [0.5, 0.6) is 0 Å². The molecule has 0 fully saturated rings. The summed E-state index contributed by atoms with van der Waals surface area (Å²) >= 11 is 0. The lowest BCUT2D eigenvalue weighted by Gasteiger charge is -2.15. The van der Waals surface area contributed by atoms with E-state index in [1.165, 1.54) is 0 Å². The third kappa shape index (κ3) is 3.33. The molecule has 2 aromatic heterocycles. The number of Topliss-reactive ketones (excluding diaryl/α,β-unsaturated/α-hetero) is 1. The zero-order valence-corrected chi connectivity index (χ0v) is 16.9. The van der Waals surface area contributed by atoms with E-state index in [1.807, 2.05) is 84.2 Å². The Morgan fingerprint density at radius 2 is 1.34 bits per heavy atom. The van der Waals surface area contributed by atoms with Crippen LogP contribution in [0.1, 0.15) is 30.4 Å². The molecule has 2 aromatic carbocycles. The first-order chi connectivity index (χ1) is 14.0. The van der Waals surface area contributed by atoms with Gasteiger partial charge in [-0.2, -0.15) is 0 Å². The molecule has 4 aromatic rings. The minimum absolute atomic E-state index is 0.156. The molecule has 0 saturated carbocycles. The number of carbonyl (C=O) groups excluding carboxylic acids is 2. The zero-order valence-electron chi connectivity index (χ0n) is 16.9. The molecule has 0 aliphatic heterocycles. The van der Waals surface area contributed by atoms with Gasteiger partial charge in [-0.1, -0.05) is 36.4 Å². The molecule has 0 atom stereocenters. The Bertz CT molecular complexity index is 1140. The Kier molecular flexibility index (Phi) is 4.97. The van der Waals surface area contributed by atoms with Crippen LogP contribution in [-0.2, 0) is 28.4 Å². The molecule has 0 aliphatic rings. The summed E-state index contributed by atoms with van der Waals surface area (Å²) in [6, 6.07) is 16.0. The summed E-state index contributed by atoms with van der Waals surface area (Å²) in [6.07, 6.45) is 3.76. The molecule has 148 valence electrons. The van der Waals surface area contributed by atoms with E-state index in [4.69, 9.17) is 4.74 Å². The number of aryl methyl sites for hydroxylation is 2. The fourth-order valence-electron chi connectivity index (χ4n) is 4.18. The molecule has 0 N–H and O–H groups in total. The van der Waals surface area contributed by atoms with E-state index in [0.717, 1.165) is 32.9 Å². The maximum Gasteiger partial charge on any atom is 0.313 e. The summed E-state index contributed by atoms with van der Waals surface area (Å²) in [5.41, 5.74) is 3.93. The Hall–Kier alpha value is -3.34. The summed E-state index contributed by atoms with van der Waals surface area (Å²) < 4.78 is 9.11.